The minimum Gasteiger partial charge on any atom is -0.478 e. The van der Waals surface area contributed by atoms with Gasteiger partial charge in [0.2, 0.25) is 11.8 Å². The molecule has 1 heterocycles. The van der Waals surface area contributed by atoms with Crippen LogP contribution in [0.15, 0.2) is 18.2 Å². The molecule has 1 aliphatic rings. The quantitative estimate of drug-likeness (QED) is 0.833. The summed E-state index contributed by atoms with van der Waals surface area (Å²) < 4.78 is 0. The lowest BCUT2D eigenvalue weighted by atomic mass is 10.1. The SMILES string of the molecule is O=C(O)c1cc(Cl)ccc1N1C(=O)CCCC1=O. The van der Waals surface area contributed by atoms with Gasteiger partial charge in [-0.2, -0.15) is 0 Å². The van der Waals surface area contributed by atoms with Gasteiger partial charge < -0.3 is 5.11 Å². The Morgan fingerprint density at radius 1 is 1.22 bits per heavy atom. The number of halogens is 1. The highest BCUT2D eigenvalue weighted by Gasteiger charge is 2.30. The van der Waals surface area contributed by atoms with Crippen molar-refractivity contribution in [2.75, 3.05) is 4.90 Å². The molecule has 0 radical (unpaired) electrons. The second-order valence-corrected chi connectivity index (χ2v) is 4.38. The Bertz CT molecular complexity index is 525. The van der Waals surface area contributed by atoms with Crippen LogP contribution in [0.25, 0.3) is 0 Å². The lowest BCUT2D eigenvalue weighted by molar-refractivity contribution is -0.129. The fraction of sp³-hybridized carbons (Fsp3) is 0.250. The Hall–Kier alpha value is -1.88. The zero-order chi connectivity index (χ0) is 13.3. The van der Waals surface area contributed by atoms with Crippen molar-refractivity contribution in [1.29, 1.82) is 0 Å². The van der Waals surface area contributed by atoms with Crippen molar-refractivity contribution in [3.8, 4) is 0 Å². The molecule has 1 aromatic carbocycles. The predicted molar refractivity (Wildman–Crippen MR) is 64.8 cm³/mol. The molecule has 6 heteroatoms. The molecule has 1 N–H and O–H groups in total. The molecule has 1 fully saturated rings. The molecule has 1 saturated heterocycles. The fourth-order valence-corrected chi connectivity index (χ4v) is 2.07. The van der Waals surface area contributed by atoms with E-state index >= 15 is 0 Å². The number of carbonyl (C=O) groups is 3. The van der Waals surface area contributed by atoms with E-state index in [4.69, 9.17) is 16.7 Å². The highest BCUT2D eigenvalue weighted by Crippen LogP contribution is 2.28. The van der Waals surface area contributed by atoms with E-state index in [0.717, 1.165) is 4.90 Å². The van der Waals surface area contributed by atoms with Crippen LogP contribution in [0.5, 0.6) is 0 Å². The second-order valence-electron chi connectivity index (χ2n) is 3.94. The number of carboxylic acids is 1. The van der Waals surface area contributed by atoms with Crippen molar-refractivity contribution in [2.24, 2.45) is 0 Å². The molecule has 0 unspecified atom stereocenters. The third-order valence-corrected chi connectivity index (χ3v) is 2.95. The summed E-state index contributed by atoms with van der Waals surface area (Å²) in [5, 5.41) is 9.33. The van der Waals surface area contributed by atoms with Crippen LogP contribution in [0.2, 0.25) is 5.02 Å². The largest absolute Gasteiger partial charge is 0.478 e. The number of piperidine rings is 1. The molecule has 5 nitrogen and oxygen atoms in total. The average molecular weight is 268 g/mol. The summed E-state index contributed by atoms with van der Waals surface area (Å²) in [5.41, 5.74) is -0.0623. The summed E-state index contributed by atoms with van der Waals surface area (Å²) in [6, 6.07) is 4.07. The van der Waals surface area contributed by atoms with Crippen LogP contribution in [0, 0.1) is 0 Å². The predicted octanol–water partition coefficient (Wildman–Crippen LogP) is 2.08. The zero-order valence-electron chi connectivity index (χ0n) is 9.35. The molecule has 94 valence electrons. The van der Waals surface area contributed by atoms with Crippen LogP contribution in [0.3, 0.4) is 0 Å². The molecule has 0 spiro atoms. The van der Waals surface area contributed by atoms with Gasteiger partial charge in [0.05, 0.1) is 11.3 Å². The Balaban J connectivity index is 2.52. The summed E-state index contributed by atoms with van der Waals surface area (Å²) in [4.78, 5) is 35.5. The molecule has 0 aromatic heterocycles. The van der Waals surface area contributed by atoms with Gasteiger partial charge in [-0.3, -0.25) is 9.59 Å². The monoisotopic (exact) mass is 267 g/mol. The first-order valence-corrected chi connectivity index (χ1v) is 5.77. The summed E-state index contributed by atoms with van der Waals surface area (Å²) in [6.45, 7) is 0. The first-order valence-electron chi connectivity index (χ1n) is 5.39. The van der Waals surface area contributed by atoms with Crippen LogP contribution in [-0.2, 0) is 9.59 Å². The number of hydrogen-bond donors (Lipinski definition) is 1. The van der Waals surface area contributed by atoms with Crippen molar-refractivity contribution in [3.05, 3.63) is 28.8 Å². The number of amides is 2. The van der Waals surface area contributed by atoms with Crippen LogP contribution in [-0.4, -0.2) is 22.9 Å². The third-order valence-electron chi connectivity index (χ3n) is 2.71. The second kappa shape index (κ2) is 4.78. The standard InChI is InChI=1S/C12H10ClNO4/c13-7-4-5-9(8(6-7)12(17)18)14-10(15)2-1-3-11(14)16/h4-6H,1-3H2,(H,17,18). The van der Waals surface area contributed by atoms with Crippen LogP contribution in [0.1, 0.15) is 29.6 Å². The summed E-state index contributed by atoms with van der Waals surface area (Å²) in [5.74, 6) is -1.98. The molecular weight excluding hydrogens is 258 g/mol. The van der Waals surface area contributed by atoms with E-state index in [-0.39, 0.29) is 40.9 Å². The normalized spacial score (nSPS) is 15.9. The first kappa shape index (κ1) is 12.6. The number of imide groups is 1. The van der Waals surface area contributed by atoms with Gasteiger partial charge >= 0.3 is 5.97 Å². The zero-order valence-corrected chi connectivity index (χ0v) is 10.1. The van der Waals surface area contributed by atoms with Crippen molar-refractivity contribution >= 4 is 35.1 Å². The number of carbonyl (C=O) groups excluding carboxylic acids is 2. The Labute approximate surface area is 108 Å². The van der Waals surface area contributed by atoms with E-state index in [9.17, 15) is 14.4 Å². The molecule has 0 bridgehead atoms. The van der Waals surface area contributed by atoms with Crippen LogP contribution in [0.4, 0.5) is 5.69 Å². The summed E-state index contributed by atoms with van der Waals surface area (Å²) >= 11 is 5.72. The van der Waals surface area contributed by atoms with Crippen molar-refractivity contribution in [3.63, 3.8) is 0 Å². The average Bonchev–Trinajstić information content (AvgIpc) is 2.30. The van der Waals surface area contributed by atoms with E-state index in [1.807, 2.05) is 0 Å². The first-order chi connectivity index (χ1) is 8.50. The van der Waals surface area contributed by atoms with Gasteiger partial charge in [-0.1, -0.05) is 11.6 Å². The number of aromatic carboxylic acids is 1. The number of anilines is 1. The molecule has 0 atom stereocenters. The van der Waals surface area contributed by atoms with E-state index in [1.165, 1.54) is 18.2 Å². The lowest BCUT2D eigenvalue weighted by Crippen LogP contribution is -2.41. The van der Waals surface area contributed by atoms with Gasteiger partial charge in [0, 0.05) is 17.9 Å². The van der Waals surface area contributed by atoms with E-state index < -0.39 is 5.97 Å². The van der Waals surface area contributed by atoms with Gasteiger partial charge in [-0.25, -0.2) is 9.69 Å². The highest BCUT2D eigenvalue weighted by molar-refractivity contribution is 6.31. The smallest absolute Gasteiger partial charge is 0.337 e. The van der Waals surface area contributed by atoms with Crippen molar-refractivity contribution in [1.82, 2.24) is 0 Å². The molecule has 2 rings (SSSR count). The number of carboxylic acid groups (broad SMARTS) is 1. The minimum absolute atomic E-state index is 0.0848. The van der Waals surface area contributed by atoms with Gasteiger partial charge in [-0.05, 0) is 24.6 Å². The molecule has 18 heavy (non-hydrogen) atoms. The van der Waals surface area contributed by atoms with E-state index in [2.05, 4.69) is 0 Å². The Kier molecular flexibility index (Phi) is 3.34. The Morgan fingerprint density at radius 3 is 2.39 bits per heavy atom. The molecule has 1 aliphatic heterocycles. The third kappa shape index (κ3) is 2.22. The number of benzene rings is 1. The Morgan fingerprint density at radius 2 is 1.83 bits per heavy atom. The topological polar surface area (TPSA) is 74.7 Å². The number of rotatable bonds is 2. The van der Waals surface area contributed by atoms with E-state index in [0.29, 0.717) is 6.42 Å². The molecule has 0 saturated carbocycles. The van der Waals surface area contributed by atoms with Gasteiger partial charge in [0.25, 0.3) is 0 Å². The van der Waals surface area contributed by atoms with Gasteiger partial charge in [0.1, 0.15) is 0 Å². The van der Waals surface area contributed by atoms with Crippen LogP contribution >= 0.6 is 11.6 Å². The van der Waals surface area contributed by atoms with Crippen LogP contribution < -0.4 is 4.90 Å². The summed E-state index contributed by atoms with van der Waals surface area (Å²) in [6.07, 6.45) is 0.991. The van der Waals surface area contributed by atoms with Gasteiger partial charge in [-0.15, -0.1) is 0 Å². The lowest BCUT2D eigenvalue weighted by Gasteiger charge is -2.26. The van der Waals surface area contributed by atoms with E-state index in [1.54, 1.807) is 0 Å². The summed E-state index contributed by atoms with van der Waals surface area (Å²) in [7, 11) is 0. The highest BCUT2D eigenvalue weighted by atomic mass is 35.5. The number of hydrogen-bond acceptors (Lipinski definition) is 3. The fourth-order valence-electron chi connectivity index (χ4n) is 1.90. The molecule has 1 aromatic rings. The molecular formula is C12H10ClNO4. The van der Waals surface area contributed by atoms with Crippen molar-refractivity contribution < 1.29 is 19.5 Å². The maximum atomic E-state index is 11.7. The maximum absolute atomic E-state index is 11.7. The van der Waals surface area contributed by atoms with Crippen molar-refractivity contribution in [2.45, 2.75) is 19.3 Å². The maximum Gasteiger partial charge on any atom is 0.337 e. The molecule has 2 amide bonds. The number of nitrogens with zero attached hydrogens (tertiary/aromatic N) is 1. The molecule has 0 aliphatic carbocycles. The minimum atomic E-state index is -1.22. The van der Waals surface area contributed by atoms with Gasteiger partial charge in [0.15, 0.2) is 0 Å².